The topological polar surface area (TPSA) is 75.6 Å². The highest BCUT2D eigenvalue weighted by molar-refractivity contribution is 5.91. The van der Waals surface area contributed by atoms with Crippen LogP contribution in [0.2, 0.25) is 0 Å². The quantitative estimate of drug-likeness (QED) is 0.699. The molecule has 27 heavy (non-hydrogen) atoms. The van der Waals surface area contributed by atoms with E-state index in [4.69, 9.17) is 0 Å². The first-order valence-corrected chi connectivity index (χ1v) is 9.11. The second-order valence-electron chi connectivity index (χ2n) is 7.74. The van der Waals surface area contributed by atoms with Gasteiger partial charge in [-0.15, -0.1) is 0 Å². The van der Waals surface area contributed by atoms with E-state index in [1.54, 1.807) is 18.6 Å². The smallest absolute Gasteiger partial charge is 0.244 e. The molecule has 6 heteroatoms. The fraction of sp³-hybridized carbons (Fsp3) is 0.286. The lowest BCUT2D eigenvalue weighted by Crippen LogP contribution is -2.36. The first-order valence-electron chi connectivity index (χ1n) is 9.11. The number of nitrogens with zero attached hydrogens (tertiary/aromatic N) is 3. The summed E-state index contributed by atoms with van der Waals surface area (Å²) in [5, 5.41) is 7.76. The van der Waals surface area contributed by atoms with Crippen LogP contribution < -0.4 is 5.32 Å². The lowest BCUT2D eigenvalue weighted by Gasteiger charge is -2.35. The normalized spacial score (nSPS) is 18.4. The molecule has 0 fully saturated rings. The van der Waals surface area contributed by atoms with Crippen LogP contribution in [0.3, 0.4) is 0 Å². The Bertz CT molecular complexity index is 954. The summed E-state index contributed by atoms with van der Waals surface area (Å²) >= 11 is 0. The zero-order valence-electron chi connectivity index (χ0n) is 15.5. The van der Waals surface area contributed by atoms with Crippen molar-refractivity contribution >= 4 is 12.0 Å². The maximum atomic E-state index is 12.4. The number of carbonyl (C=O) groups is 1. The minimum Gasteiger partial charge on any atom is -0.346 e. The average molecular weight is 361 g/mol. The van der Waals surface area contributed by atoms with Gasteiger partial charge in [-0.1, -0.05) is 32.0 Å². The van der Waals surface area contributed by atoms with E-state index in [2.05, 4.69) is 46.4 Å². The maximum Gasteiger partial charge on any atom is 0.244 e. The van der Waals surface area contributed by atoms with Gasteiger partial charge in [0.2, 0.25) is 5.91 Å². The Labute approximate surface area is 158 Å². The average Bonchev–Trinajstić information content (AvgIpc) is 3.29. The van der Waals surface area contributed by atoms with Crippen LogP contribution in [0.15, 0.2) is 55.1 Å². The summed E-state index contributed by atoms with van der Waals surface area (Å²) in [5.74, 6) is -0.120. The number of carbonyl (C=O) groups excluding carboxylic acids is 1. The third-order valence-electron chi connectivity index (χ3n) is 4.93. The molecule has 0 radical (unpaired) electrons. The number of fused-ring (bicyclic) bond motifs is 1. The fourth-order valence-corrected chi connectivity index (χ4v) is 3.71. The van der Waals surface area contributed by atoms with Gasteiger partial charge in [0.25, 0.3) is 0 Å². The molecule has 3 aromatic rings. The SMILES string of the molecule is CC1(C)Cc2c(cnn2-c2ccccc2)C(NC(=O)C=Cc2cnc[nH]2)C1. The molecule has 0 saturated heterocycles. The van der Waals surface area contributed by atoms with E-state index < -0.39 is 0 Å². The van der Waals surface area contributed by atoms with Crippen molar-refractivity contribution in [2.24, 2.45) is 5.41 Å². The molecule has 138 valence electrons. The lowest BCUT2D eigenvalue weighted by atomic mass is 9.74. The molecule has 6 nitrogen and oxygen atoms in total. The minimum absolute atomic E-state index is 0.0554. The number of hydrogen-bond donors (Lipinski definition) is 2. The van der Waals surface area contributed by atoms with Crippen molar-refractivity contribution < 1.29 is 4.79 Å². The van der Waals surface area contributed by atoms with Gasteiger partial charge in [-0.25, -0.2) is 9.67 Å². The van der Waals surface area contributed by atoms with Gasteiger partial charge < -0.3 is 10.3 Å². The Morgan fingerprint density at radius 2 is 2.11 bits per heavy atom. The number of aromatic nitrogens is 4. The predicted octanol–water partition coefficient (Wildman–Crippen LogP) is 3.44. The lowest BCUT2D eigenvalue weighted by molar-refractivity contribution is -0.117. The molecule has 1 aliphatic rings. The Balaban J connectivity index is 1.60. The summed E-state index contributed by atoms with van der Waals surface area (Å²) in [4.78, 5) is 19.3. The van der Waals surface area contributed by atoms with E-state index in [0.717, 1.165) is 29.8 Å². The molecule has 0 spiro atoms. The summed E-state index contributed by atoms with van der Waals surface area (Å²) in [6.45, 7) is 4.47. The highest BCUT2D eigenvalue weighted by atomic mass is 16.1. The molecular formula is C21H23N5O. The van der Waals surface area contributed by atoms with Crippen molar-refractivity contribution in [1.82, 2.24) is 25.1 Å². The number of nitrogens with one attached hydrogen (secondary N) is 2. The molecule has 1 aliphatic carbocycles. The Hall–Kier alpha value is -3.15. The maximum absolute atomic E-state index is 12.4. The summed E-state index contributed by atoms with van der Waals surface area (Å²) < 4.78 is 2.00. The predicted molar refractivity (Wildman–Crippen MR) is 104 cm³/mol. The summed E-state index contributed by atoms with van der Waals surface area (Å²) in [7, 11) is 0. The molecule has 0 bridgehead atoms. The number of amides is 1. The van der Waals surface area contributed by atoms with Gasteiger partial charge in [0.05, 0.1) is 41.8 Å². The standard InChI is InChI=1S/C21H23N5O/c1-21(2)10-18(25-20(27)9-8-15-12-22-14-23-15)17-13-24-26(19(17)11-21)16-6-4-3-5-7-16/h3-9,12-14,18H,10-11H2,1-2H3,(H,22,23)(H,25,27). The van der Waals surface area contributed by atoms with Crippen LogP contribution in [0.25, 0.3) is 11.8 Å². The van der Waals surface area contributed by atoms with Crippen LogP contribution >= 0.6 is 0 Å². The summed E-state index contributed by atoms with van der Waals surface area (Å²) in [5.41, 5.74) is 4.18. The molecule has 2 aromatic heterocycles. The zero-order valence-corrected chi connectivity index (χ0v) is 15.5. The van der Waals surface area contributed by atoms with Gasteiger partial charge in [-0.05, 0) is 36.5 Å². The minimum atomic E-state index is -0.120. The van der Waals surface area contributed by atoms with Crippen LogP contribution in [0, 0.1) is 5.41 Å². The molecular weight excluding hydrogens is 338 g/mol. The van der Waals surface area contributed by atoms with Crippen LogP contribution in [-0.4, -0.2) is 25.7 Å². The van der Waals surface area contributed by atoms with Crippen molar-refractivity contribution in [3.05, 3.63) is 72.1 Å². The first kappa shape index (κ1) is 17.3. The van der Waals surface area contributed by atoms with Crippen molar-refractivity contribution in [3.8, 4) is 5.69 Å². The Kier molecular flexibility index (Phi) is 4.39. The highest BCUT2D eigenvalue weighted by Crippen LogP contribution is 2.41. The van der Waals surface area contributed by atoms with Gasteiger partial charge in [-0.2, -0.15) is 5.10 Å². The van der Waals surface area contributed by atoms with Crippen molar-refractivity contribution in [3.63, 3.8) is 0 Å². The van der Waals surface area contributed by atoms with Crippen LogP contribution in [0.4, 0.5) is 0 Å². The second-order valence-corrected chi connectivity index (χ2v) is 7.74. The molecule has 0 saturated carbocycles. The molecule has 0 aliphatic heterocycles. The van der Waals surface area contributed by atoms with Gasteiger partial charge >= 0.3 is 0 Å². The summed E-state index contributed by atoms with van der Waals surface area (Å²) in [6.07, 6.45) is 10.2. The number of rotatable bonds is 4. The van der Waals surface area contributed by atoms with Gasteiger partial charge in [0, 0.05) is 11.6 Å². The van der Waals surface area contributed by atoms with Crippen LogP contribution in [0.5, 0.6) is 0 Å². The van der Waals surface area contributed by atoms with Gasteiger partial charge in [-0.3, -0.25) is 4.79 Å². The molecule has 1 atom stereocenters. The molecule has 1 unspecified atom stereocenters. The number of hydrogen-bond acceptors (Lipinski definition) is 3. The molecule has 1 aromatic carbocycles. The Morgan fingerprint density at radius 3 is 2.85 bits per heavy atom. The fourth-order valence-electron chi connectivity index (χ4n) is 3.71. The van der Waals surface area contributed by atoms with E-state index >= 15 is 0 Å². The third-order valence-corrected chi connectivity index (χ3v) is 4.93. The first-order chi connectivity index (χ1) is 13.0. The van der Waals surface area contributed by atoms with E-state index in [-0.39, 0.29) is 17.4 Å². The largest absolute Gasteiger partial charge is 0.346 e. The van der Waals surface area contributed by atoms with Crippen LogP contribution in [0.1, 0.15) is 43.3 Å². The monoisotopic (exact) mass is 361 g/mol. The van der Waals surface area contributed by atoms with Crippen molar-refractivity contribution in [1.29, 1.82) is 0 Å². The second kappa shape index (κ2) is 6.87. The van der Waals surface area contributed by atoms with Gasteiger partial charge in [0.15, 0.2) is 0 Å². The molecule has 2 heterocycles. The van der Waals surface area contributed by atoms with E-state index in [1.807, 2.05) is 29.1 Å². The number of aromatic amines is 1. The van der Waals surface area contributed by atoms with Crippen LogP contribution in [-0.2, 0) is 11.2 Å². The Morgan fingerprint density at radius 1 is 1.30 bits per heavy atom. The highest BCUT2D eigenvalue weighted by Gasteiger charge is 2.35. The third kappa shape index (κ3) is 3.69. The summed E-state index contributed by atoms with van der Waals surface area (Å²) in [6, 6.07) is 10.1. The number of para-hydroxylation sites is 1. The van der Waals surface area contributed by atoms with Crippen molar-refractivity contribution in [2.75, 3.05) is 0 Å². The van der Waals surface area contributed by atoms with E-state index in [1.165, 1.54) is 11.8 Å². The van der Waals surface area contributed by atoms with Crippen molar-refractivity contribution in [2.45, 2.75) is 32.7 Å². The van der Waals surface area contributed by atoms with E-state index in [0.29, 0.717) is 0 Å². The number of H-pyrrole nitrogens is 1. The molecule has 2 N–H and O–H groups in total. The number of imidazole rings is 1. The van der Waals surface area contributed by atoms with Gasteiger partial charge in [0.1, 0.15) is 0 Å². The van der Waals surface area contributed by atoms with E-state index in [9.17, 15) is 4.79 Å². The zero-order chi connectivity index (χ0) is 18.9. The molecule has 1 amide bonds. The molecule has 4 rings (SSSR count). The number of benzene rings is 1.